The lowest BCUT2D eigenvalue weighted by atomic mass is 10.2. The van der Waals surface area contributed by atoms with Crippen molar-refractivity contribution in [2.45, 2.75) is 25.8 Å². The minimum absolute atomic E-state index is 0.0116. The number of hydrogen-bond donors (Lipinski definition) is 1. The highest BCUT2D eigenvalue weighted by atomic mass is 16.7. The summed E-state index contributed by atoms with van der Waals surface area (Å²) in [4.78, 5) is 0. The Kier molecular flexibility index (Phi) is 4.74. The first-order chi connectivity index (χ1) is 7.28. The van der Waals surface area contributed by atoms with Gasteiger partial charge >= 0.3 is 0 Å². The molecule has 86 valence electrons. The Morgan fingerprint density at radius 1 is 1.47 bits per heavy atom. The maximum Gasteiger partial charge on any atom is 0.177 e. The second-order valence-corrected chi connectivity index (χ2v) is 3.18. The van der Waals surface area contributed by atoms with E-state index in [4.69, 9.17) is 9.47 Å². The molecule has 15 heavy (non-hydrogen) atoms. The van der Waals surface area contributed by atoms with Crippen LogP contribution in [0.5, 0.6) is 0 Å². The molecule has 1 unspecified atom stereocenters. The van der Waals surface area contributed by atoms with Gasteiger partial charge in [-0.1, -0.05) is 0 Å². The molecule has 5 heteroatoms. The number of methoxy groups -OCH3 is 2. The fourth-order valence-electron chi connectivity index (χ4n) is 1.66. The van der Waals surface area contributed by atoms with E-state index in [1.54, 1.807) is 20.4 Å². The van der Waals surface area contributed by atoms with Crippen molar-refractivity contribution in [3.63, 3.8) is 0 Å². The van der Waals surface area contributed by atoms with Crippen molar-refractivity contribution >= 4 is 0 Å². The average molecular weight is 213 g/mol. The van der Waals surface area contributed by atoms with Crippen molar-refractivity contribution in [2.24, 2.45) is 0 Å². The maximum atomic E-state index is 5.25. The van der Waals surface area contributed by atoms with Crippen LogP contribution >= 0.6 is 0 Å². The molecule has 1 heterocycles. The molecule has 0 aliphatic carbocycles. The molecule has 0 saturated heterocycles. The zero-order valence-corrected chi connectivity index (χ0v) is 9.73. The standard InChI is InChI=1S/C10H19N3O2/c1-5-13-8(6-7-12-13)9(11-2)10(14-3)15-4/h6-7,9-11H,5H2,1-4H3. The van der Waals surface area contributed by atoms with Crippen LogP contribution in [-0.4, -0.2) is 37.3 Å². The van der Waals surface area contributed by atoms with Crippen LogP contribution in [0.3, 0.4) is 0 Å². The third-order valence-electron chi connectivity index (χ3n) is 2.42. The molecule has 0 spiro atoms. The van der Waals surface area contributed by atoms with E-state index in [0.717, 1.165) is 12.2 Å². The fourth-order valence-corrected chi connectivity index (χ4v) is 1.66. The number of nitrogens with one attached hydrogen (secondary N) is 1. The highest BCUT2D eigenvalue weighted by Gasteiger charge is 2.23. The number of aromatic nitrogens is 2. The zero-order valence-electron chi connectivity index (χ0n) is 9.73. The molecular formula is C10H19N3O2. The Balaban J connectivity index is 2.90. The minimum atomic E-state index is -0.308. The summed E-state index contributed by atoms with van der Waals surface area (Å²) >= 11 is 0. The number of aryl methyl sites for hydroxylation is 1. The van der Waals surface area contributed by atoms with Crippen molar-refractivity contribution < 1.29 is 9.47 Å². The first-order valence-corrected chi connectivity index (χ1v) is 5.03. The number of ether oxygens (including phenoxy) is 2. The summed E-state index contributed by atoms with van der Waals surface area (Å²) in [5.74, 6) is 0. The first kappa shape index (κ1) is 12.2. The van der Waals surface area contributed by atoms with E-state index < -0.39 is 0 Å². The van der Waals surface area contributed by atoms with E-state index in [1.807, 2.05) is 17.8 Å². The Bertz CT molecular complexity index is 284. The smallest absolute Gasteiger partial charge is 0.177 e. The Morgan fingerprint density at radius 3 is 2.60 bits per heavy atom. The summed E-state index contributed by atoms with van der Waals surface area (Å²) in [7, 11) is 5.14. The van der Waals surface area contributed by atoms with Crippen LogP contribution in [0.4, 0.5) is 0 Å². The summed E-state index contributed by atoms with van der Waals surface area (Å²) in [6.45, 7) is 2.89. The summed E-state index contributed by atoms with van der Waals surface area (Å²) in [5, 5.41) is 7.39. The van der Waals surface area contributed by atoms with Gasteiger partial charge in [-0.3, -0.25) is 4.68 Å². The highest BCUT2D eigenvalue weighted by molar-refractivity contribution is 5.08. The predicted molar refractivity (Wildman–Crippen MR) is 57.5 cm³/mol. The summed E-state index contributed by atoms with van der Waals surface area (Å²) in [5.41, 5.74) is 1.06. The van der Waals surface area contributed by atoms with Crippen LogP contribution in [0.2, 0.25) is 0 Å². The minimum Gasteiger partial charge on any atom is -0.354 e. The van der Waals surface area contributed by atoms with Crippen LogP contribution < -0.4 is 5.32 Å². The fraction of sp³-hybridized carbons (Fsp3) is 0.700. The zero-order chi connectivity index (χ0) is 11.3. The Labute approximate surface area is 90.4 Å². The lowest BCUT2D eigenvalue weighted by molar-refractivity contribution is -0.124. The number of nitrogens with zero attached hydrogens (tertiary/aromatic N) is 2. The van der Waals surface area contributed by atoms with Gasteiger partial charge in [-0.25, -0.2) is 0 Å². The molecule has 5 nitrogen and oxygen atoms in total. The van der Waals surface area contributed by atoms with E-state index in [0.29, 0.717) is 0 Å². The van der Waals surface area contributed by atoms with Gasteiger partial charge in [0.15, 0.2) is 6.29 Å². The molecule has 1 N–H and O–H groups in total. The van der Waals surface area contributed by atoms with Gasteiger partial charge in [-0.05, 0) is 20.0 Å². The largest absolute Gasteiger partial charge is 0.354 e. The van der Waals surface area contributed by atoms with Gasteiger partial charge in [-0.2, -0.15) is 5.10 Å². The van der Waals surface area contributed by atoms with Gasteiger partial charge in [-0.15, -0.1) is 0 Å². The van der Waals surface area contributed by atoms with Crippen LogP contribution in [0.1, 0.15) is 18.7 Å². The van der Waals surface area contributed by atoms with Gasteiger partial charge in [0.25, 0.3) is 0 Å². The monoisotopic (exact) mass is 213 g/mol. The molecule has 1 atom stereocenters. The van der Waals surface area contributed by atoms with Gasteiger partial charge in [0, 0.05) is 27.0 Å². The van der Waals surface area contributed by atoms with Crippen molar-refractivity contribution in [2.75, 3.05) is 21.3 Å². The SMILES string of the molecule is CCn1nccc1C(NC)C(OC)OC. The van der Waals surface area contributed by atoms with E-state index >= 15 is 0 Å². The predicted octanol–water partition coefficient (Wildman–Crippen LogP) is 0.782. The molecule has 0 fully saturated rings. The number of likely N-dealkylation sites (N-methyl/N-ethyl adjacent to an activating group) is 1. The van der Waals surface area contributed by atoms with Crippen molar-refractivity contribution in [1.82, 2.24) is 15.1 Å². The molecule has 0 radical (unpaired) electrons. The Morgan fingerprint density at radius 2 is 2.13 bits per heavy atom. The number of hydrogen-bond acceptors (Lipinski definition) is 4. The molecule has 0 aromatic carbocycles. The van der Waals surface area contributed by atoms with Crippen LogP contribution in [0.25, 0.3) is 0 Å². The third-order valence-corrected chi connectivity index (χ3v) is 2.42. The molecule has 0 aliphatic rings. The van der Waals surface area contributed by atoms with Gasteiger partial charge in [0.1, 0.15) is 6.04 Å². The molecule has 1 rings (SSSR count). The molecule has 0 bridgehead atoms. The third kappa shape index (κ3) is 2.56. The number of rotatable bonds is 6. The van der Waals surface area contributed by atoms with E-state index in [1.165, 1.54) is 0 Å². The summed E-state index contributed by atoms with van der Waals surface area (Å²) < 4.78 is 12.4. The normalized spacial score (nSPS) is 13.4. The lowest BCUT2D eigenvalue weighted by Gasteiger charge is -2.24. The summed E-state index contributed by atoms with van der Waals surface area (Å²) in [6.07, 6.45) is 1.47. The molecule has 0 aliphatic heterocycles. The highest BCUT2D eigenvalue weighted by Crippen LogP contribution is 2.18. The lowest BCUT2D eigenvalue weighted by Crippen LogP contribution is -2.34. The molecule has 1 aromatic heterocycles. The average Bonchev–Trinajstić information content (AvgIpc) is 2.73. The molecule has 1 aromatic rings. The maximum absolute atomic E-state index is 5.25. The topological polar surface area (TPSA) is 48.3 Å². The van der Waals surface area contributed by atoms with E-state index in [-0.39, 0.29) is 12.3 Å². The van der Waals surface area contributed by atoms with Gasteiger partial charge in [0.2, 0.25) is 0 Å². The Hall–Kier alpha value is -0.910. The van der Waals surface area contributed by atoms with Crippen LogP contribution in [0, 0.1) is 0 Å². The van der Waals surface area contributed by atoms with Crippen LogP contribution in [0.15, 0.2) is 12.3 Å². The molecule has 0 amide bonds. The molecular weight excluding hydrogens is 194 g/mol. The van der Waals surface area contributed by atoms with Crippen molar-refractivity contribution in [3.05, 3.63) is 18.0 Å². The second kappa shape index (κ2) is 5.85. The van der Waals surface area contributed by atoms with Crippen molar-refractivity contribution in [1.29, 1.82) is 0 Å². The molecule has 0 saturated carbocycles. The van der Waals surface area contributed by atoms with E-state index in [2.05, 4.69) is 17.3 Å². The first-order valence-electron chi connectivity index (χ1n) is 5.03. The second-order valence-electron chi connectivity index (χ2n) is 3.18. The van der Waals surface area contributed by atoms with Crippen molar-refractivity contribution in [3.8, 4) is 0 Å². The summed E-state index contributed by atoms with van der Waals surface area (Å²) in [6, 6.07) is 1.96. The van der Waals surface area contributed by atoms with Crippen LogP contribution in [-0.2, 0) is 16.0 Å². The van der Waals surface area contributed by atoms with Gasteiger partial charge < -0.3 is 14.8 Å². The quantitative estimate of drug-likeness (QED) is 0.709. The van der Waals surface area contributed by atoms with E-state index in [9.17, 15) is 0 Å². The van der Waals surface area contributed by atoms with Gasteiger partial charge in [0.05, 0.1) is 5.69 Å².